The van der Waals surface area contributed by atoms with Crippen LogP contribution in [0.4, 0.5) is 5.69 Å². The van der Waals surface area contributed by atoms with Gasteiger partial charge in [0.2, 0.25) is 5.89 Å². The monoisotopic (exact) mass is 452 g/mol. The topological polar surface area (TPSA) is 114 Å². The molecule has 8 nitrogen and oxygen atoms in total. The van der Waals surface area contributed by atoms with E-state index >= 15 is 0 Å². The molecule has 164 valence electrons. The summed E-state index contributed by atoms with van der Waals surface area (Å²) in [5.41, 5.74) is 2.39. The first-order valence-electron chi connectivity index (χ1n) is 9.91. The Morgan fingerprint density at radius 3 is 2.50 bits per heavy atom. The van der Waals surface area contributed by atoms with Gasteiger partial charge in [0, 0.05) is 29.8 Å². The van der Waals surface area contributed by atoms with Gasteiger partial charge in [-0.15, -0.1) is 0 Å². The van der Waals surface area contributed by atoms with Crippen molar-refractivity contribution in [1.29, 1.82) is 0 Å². The van der Waals surface area contributed by atoms with E-state index in [4.69, 9.17) is 8.83 Å². The molecule has 1 aliphatic heterocycles. The second-order valence-corrected chi connectivity index (χ2v) is 9.90. The van der Waals surface area contributed by atoms with Crippen LogP contribution in [0.5, 0.6) is 0 Å². The van der Waals surface area contributed by atoms with Gasteiger partial charge in [0.25, 0.3) is 10.1 Å². The van der Waals surface area contributed by atoms with Crippen LogP contribution in [0, 0.1) is 0 Å². The number of fused-ring (bicyclic) bond motifs is 3. The molecule has 0 saturated carbocycles. The SMILES string of the molecule is CN1c2cc3oc(=O)c(-c4nc5ccccc5o4)cc3cc2C(CS(=O)(=O)O)=CC1(C)C. The van der Waals surface area contributed by atoms with E-state index in [0.717, 1.165) is 0 Å². The van der Waals surface area contributed by atoms with Crippen LogP contribution >= 0.6 is 0 Å². The molecule has 0 amide bonds. The fourth-order valence-corrected chi connectivity index (χ4v) is 4.69. The zero-order chi connectivity index (χ0) is 22.8. The molecule has 0 unspecified atom stereocenters. The standard InChI is InChI=1S/C23H20N2O6S/c1-23(2)11-14(12-32(27,28)29)15-8-13-9-16(21-24-17-6-4-5-7-19(17)30-21)22(26)31-20(13)10-18(15)25(23)3/h4-11H,12H2,1-3H3,(H,27,28,29). The van der Waals surface area contributed by atoms with Crippen molar-refractivity contribution in [2.45, 2.75) is 19.4 Å². The molecule has 1 N–H and O–H groups in total. The molecule has 2 aromatic heterocycles. The highest BCUT2D eigenvalue weighted by atomic mass is 32.2. The van der Waals surface area contributed by atoms with Crippen LogP contribution < -0.4 is 10.5 Å². The number of anilines is 1. The van der Waals surface area contributed by atoms with Crippen molar-refractivity contribution in [2.24, 2.45) is 0 Å². The largest absolute Gasteiger partial charge is 0.436 e. The average molecular weight is 452 g/mol. The number of benzene rings is 2. The van der Waals surface area contributed by atoms with Crippen LogP contribution in [-0.4, -0.2) is 36.3 Å². The van der Waals surface area contributed by atoms with E-state index < -0.39 is 27.0 Å². The smallest absolute Gasteiger partial charge is 0.349 e. The molecule has 0 spiro atoms. The van der Waals surface area contributed by atoms with Crippen LogP contribution in [0.1, 0.15) is 19.4 Å². The van der Waals surface area contributed by atoms with Gasteiger partial charge in [0.1, 0.15) is 22.4 Å². The predicted octanol–water partition coefficient (Wildman–Crippen LogP) is 4.10. The molecule has 0 saturated heterocycles. The van der Waals surface area contributed by atoms with E-state index in [0.29, 0.717) is 38.9 Å². The number of rotatable bonds is 3. The maximum absolute atomic E-state index is 12.7. The van der Waals surface area contributed by atoms with Gasteiger partial charge >= 0.3 is 5.63 Å². The predicted molar refractivity (Wildman–Crippen MR) is 122 cm³/mol. The van der Waals surface area contributed by atoms with Crippen molar-refractivity contribution in [3.63, 3.8) is 0 Å². The van der Waals surface area contributed by atoms with Gasteiger partial charge in [-0.2, -0.15) is 8.42 Å². The van der Waals surface area contributed by atoms with Crippen LogP contribution in [0.15, 0.2) is 62.2 Å². The summed E-state index contributed by atoms with van der Waals surface area (Å²) in [4.78, 5) is 19.1. The highest BCUT2D eigenvalue weighted by molar-refractivity contribution is 7.86. The third-order valence-corrected chi connectivity index (χ3v) is 6.49. The zero-order valence-electron chi connectivity index (χ0n) is 17.6. The number of para-hydroxylation sites is 2. The quantitative estimate of drug-likeness (QED) is 0.365. The lowest BCUT2D eigenvalue weighted by molar-refractivity contribution is 0.487. The summed E-state index contributed by atoms with van der Waals surface area (Å²) in [7, 11) is -2.37. The maximum Gasteiger partial charge on any atom is 0.349 e. The van der Waals surface area contributed by atoms with Crippen LogP contribution in [0.2, 0.25) is 0 Å². The van der Waals surface area contributed by atoms with Crippen LogP contribution in [0.3, 0.4) is 0 Å². The summed E-state index contributed by atoms with van der Waals surface area (Å²) in [5, 5.41) is 0.579. The zero-order valence-corrected chi connectivity index (χ0v) is 18.4. The van der Waals surface area contributed by atoms with Crippen molar-refractivity contribution in [1.82, 2.24) is 4.98 Å². The van der Waals surface area contributed by atoms with Gasteiger partial charge in [-0.3, -0.25) is 4.55 Å². The Hall–Kier alpha value is -3.43. The summed E-state index contributed by atoms with van der Waals surface area (Å²) in [6, 6.07) is 12.3. The second-order valence-electron chi connectivity index (χ2n) is 8.45. The average Bonchev–Trinajstić information content (AvgIpc) is 3.13. The minimum absolute atomic E-state index is 0.145. The number of hydrogen-bond acceptors (Lipinski definition) is 7. The van der Waals surface area contributed by atoms with Crippen molar-refractivity contribution in [2.75, 3.05) is 17.7 Å². The Balaban J connectivity index is 1.73. The Morgan fingerprint density at radius 2 is 1.78 bits per heavy atom. The van der Waals surface area contributed by atoms with Gasteiger partial charge in [-0.25, -0.2) is 9.78 Å². The summed E-state index contributed by atoms with van der Waals surface area (Å²) in [6.45, 7) is 3.85. The summed E-state index contributed by atoms with van der Waals surface area (Å²) in [5.74, 6) is -0.371. The molecule has 0 aliphatic carbocycles. The molecule has 4 aromatic rings. The Labute approximate surface area is 183 Å². The number of oxazole rings is 1. The normalized spacial score (nSPS) is 15.8. The highest BCUT2D eigenvalue weighted by Gasteiger charge is 2.32. The van der Waals surface area contributed by atoms with Gasteiger partial charge < -0.3 is 13.7 Å². The molecule has 9 heteroatoms. The second kappa shape index (κ2) is 6.78. The van der Waals surface area contributed by atoms with Gasteiger partial charge in [-0.05, 0) is 43.7 Å². The molecule has 1 aliphatic rings. The molecule has 0 fully saturated rings. The Morgan fingerprint density at radius 1 is 1.06 bits per heavy atom. The Kier molecular flexibility index (Phi) is 4.34. The van der Waals surface area contributed by atoms with Crippen molar-refractivity contribution in [3.05, 3.63) is 64.5 Å². The van der Waals surface area contributed by atoms with Gasteiger partial charge in [0.05, 0.1) is 5.54 Å². The van der Waals surface area contributed by atoms with E-state index in [-0.39, 0.29) is 11.5 Å². The summed E-state index contributed by atoms with van der Waals surface area (Å²) < 4.78 is 44.1. The number of hydrogen-bond donors (Lipinski definition) is 1. The van der Waals surface area contributed by atoms with E-state index in [1.54, 1.807) is 30.3 Å². The molecule has 2 aromatic carbocycles. The van der Waals surface area contributed by atoms with Crippen molar-refractivity contribution >= 4 is 43.4 Å². The van der Waals surface area contributed by atoms with Gasteiger partial charge in [-0.1, -0.05) is 18.2 Å². The first-order valence-corrected chi connectivity index (χ1v) is 11.5. The lowest BCUT2D eigenvalue weighted by Crippen LogP contribution is -2.42. The number of nitrogens with zero attached hydrogens (tertiary/aromatic N) is 2. The number of likely N-dealkylation sites (N-methyl/N-ethyl adjacent to an activating group) is 1. The third-order valence-electron chi connectivity index (χ3n) is 5.81. The van der Waals surface area contributed by atoms with Crippen molar-refractivity contribution < 1.29 is 21.8 Å². The molecular weight excluding hydrogens is 432 g/mol. The van der Waals surface area contributed by atoms with E-state index in [2.05, 4.69) is 4.98 Å². The van der Waals surface area contributed by atoms with E-state index in [9.17, 15) is 17.8 Å². The molecule has 0 bridgehead atoms. The molecule has 5 rings (SSSR count). The minimum Gasteiger partial charge on any atom is -0.436 e. The molecule has 0 radical (unpaired) electrons. The fourth-order valence-electron chi connectivity index (χ4n) is 4.05. The lowest BCUT2D eigenvalue weighted by Gasteiger charge is -2.41. The first kappa shape index (κ1) is 20.5. The van der Waals surface area contributed by atoms with Crippen molar-refractivity contribution in [3.8, 4) is 11.5 Å². The summed E-state index contributed by atoms with van der Waals surface area (Å²) in [6.07, 6.45) is 1.82. The van der Waals surface area contributed by atoms with Crippen LogP contribution in [-0.2, 0) is 10.1 Å². The summed E-state index contributed by atoms with van der Waals surface area (Å²) >= 11 is 0. The first-order chi connectivity index (χ1) is 15.0. The molecular formula is C23H20N2O6S. The molecule has 3 heterocycles. The Bertz CT molecular complexity index is 1560. The maximum atomic E-state index is 12.7. The number of aromatic nitrogens is 1. The minimum atomic E-state index is -4.25. The van der Waals surface area contributed by atoms with Gasteiger partial charge in [0.15, 0.2) is 5.58 Å². The van der Waals surface area contributed by atoms with E-state index in [1.165, 1.54) is 0 Å². The van der Waals surface area contributed by atoms with E-state index in [1.807, 2.05) is 44.0 Å². The van der Waals surface area contributed by atoms with Crippen LogP contribution in [0.25, 0.3) is 39.1 Å². The fraction of sp³-hybridized carbons (Fsp3) is 0.217. The molecule has 32 heavy (non-hydrogen) atoms. The highest BCUT2D eigenvalue weighted by Crippen LogP contribution is 2.41. The molecule has 0 atom stereocenters. The lowest BCUT2D eigenvalue weighted by atomic mass is 9.88. The third kappa shape index (κ3) is 3.39.